The number of aromatic nitrogens is 1. The van der Waals surface area contributed by atoms with Gasteiger partial charge in [-0.1, -0.05) is 13.8 Å². The van der Waals surface area contributed by atoms with Gasteiger partial charge >= 0.3 is 0 Å². The van der Waals surface area contributed by atoms with Crippen molar-refractivity contribution in [1.82, 2.24) is 14.8 Å². The molecule has 1 aromatic heterocycles. The minimum atomic E-state index is -0.289. The molecule has 0 amide bonds. The van der Waals surface area contributed by atoms with Crippen LogP contribution >= 0.6 is 0 Å². The van der Waals surface area contributed by atoms with Gasteiger partial charge in [0.15, 0.2) is 5.58 Å². The molecule has 1 aliphatic heterocycles. The van der Waals surface area contributed by atoms with E-state index in [0.717, 1.165) is 39.4 Å². The van der Waals surface area contributed by atoms with Crippen molar-refractivity contribution in [1.29, 1.82) is 0 Å². The van der Waals surface area contributed by atoms with Gasteiger partial charge in [0.25, 0.3) is 0 Å². The second-order valence-corrected chi connectivity index (χ2v) is 7.44. The molecule has 2 heterocycles. The predicted octanol–water partition coefficient (Wildman–Crippen LogP) is 2.76. The van der Waals surface area contributed by atoms with Gasteiger partial charge in [-0.25, -0.2) is 9.37 Å². The third-order valence-electron chi connectivity index (χ3n) is 4.25. The molecule has 1 fully saturated rings. The highest BCUT2D eigenvalue weighted by molar-refractivity contribution is 5.72. The van der Waals surface area contributed by atoms with E-state index in [4.69, 9.17) is 9.15 Å². The molecule has 1 saturated heterocycles. The zero-order chi connectivity index (χ0) is 17.2. The number of fused-ring (bicyclic) bond motifs is 1. The van der Waals surface area contributed by atoms with E-state index in [1.807, 2.05) is 0 Å². The smallest absolute Gasteiger partial charge is 0.209 e. The lowest BCUT2D eigenvalue weighted by Gasteiger charge is -2.36. The first-order valence-corrected chi connectivity index (χ1v) is 8.45. The maximum absolute atomic E-state index is 13.2. The maximum Gasteiger partial charge on any atom is 0.209 e. The molecule has 2 aromatic rings. The average molecular weight is 335 g/mol. The summed E-state index contributed by atoms with van der Waals surface area (Å²) in [4.78, 5) is 9.05. The number of rotatable bonds is 6. The van der Waals surface area contributed by atoms with Crippen LogP contribution in [0.5, 0.6) is 0 Å². The van der Waals surface area contributed by atoms with Crippen LogP contribution in [0.15, 0.2) is 22.6 Å². The van der Waals surface area contributed by atoms with Crippen molar-refractivity contribution in [2.45, 2.75) is 20.4 Å². The fourth-order valence-corrected chi connectivity index (χ4v) is 3.45. The molecule has 0 atom stereocenters. The molecule has 0 spiro atoms. The maximum atomic E-state index is 13.2. The van der Waals surface area contributed by atoms with E-state index in [0.29, 0.717) is 23.5 Å². The Bertz CT molecular complexity index is 680. The first kappa shape index (κ1) is 17.3. The molecule has 0 N–H and O–H groups in total. The van der Waals surface area contributed by atoms with Gasteiger partial charge < -0.3 is 9.15 Å². The van der Waals surface area contributed by atoms with Crippen LogP contribution in [-0.2, 0) is 11.3 Å². The Balaban J connectivity index is 1.57. The van der Waals surface area contributed by atoms with E-state index in [1.165, 1.54) is 12.1 Å². The van der Waals surface area contributed by atoms with Gasteiger partial charge in [-0.3, -0.25) is 9.80 Å². The van der Waals surface area contributed by atoms with Crippen molar-refractivity contribution >= 4 is 11.1 Å². The second kappa shape index (κ2) is 7.17. The molecule has 132 valence electrons. The van der Waals surface area contributed by atoms with Crippen LogP contribution in [0.4, 0.5) is 4.39 Å². The van der Waals surface area contributed by atoms with Crippen LogP contribution in [-0.4, -0.2) is 61.2 Å². The van der Waals surface area contributed by atoms with Gasteiger partial charge in [0.1, 0.15) is 11.3 Å². The third-order valence-corrected chi connectivity index (χ3v) is 4.25. The SMILES string of the molecule is CN(Cc1nc2cc(F)ccc2o1)CC(C)(C)CN1CCOCC1. The molecule has 1 aliphatic rings. The molecule has 5 nitrogen and oxygen atoms in total. The van der Waals surface area contributed by atoms with Gasteiger partial charge in [0.2, 0.25) is 5.89 Å². The summed E-state index contributed by atoms with van der Waals surface area (Å²) in [6.45, 7) is 10.8. The normalized spacial score (nSPS) is 17.0. The number of morpholine rings is 1. The second-order valence-electron chi connectivity index (χ2n) is 7.44. The topological polar surface area (TPSA) is 41.7 Å². The zero-order valence-electron chi connectivity index (χ0n) is 14.7. The van der Waals surface area contributed by atoms with Crippen LogP contribution in [0.1, 0.15) is 19.7 Å². The van der Waals surface area contributed by atoms with Crippen LogP contribution < -0.4 is 0 Å². The van der Waals surface area contributed by atoms with Crippen molar-refractivity contribution in [2.24, 2.45) is 5.41 Å². The van der Waals surface area contributed by atoms with Gasteiger partial charge in [-0.15, -0.1) is 0 Å². The van der Waals surface area contributed by atoms with Crippen LogP contribution in [0.2, 0.25) is 0 Å². The Kier molecular flexibility index (Phi) is 5.18. The number of nitrogens with zero attached hydrogens (tertiary/aromatic N) is 3. The van der Waals surface area contributed by atoms with Crippen LogP contribution in [0, 0.1) is 11.2 Å². The monoisotopic (exact) mass is 335 g/mol. The summed E-state index contributed by atoms with van der Waals surface area (Å²) in [6, 6.07) is 4.43. The van der Waals surface area contributed by atoms with E-state index >= 15 is 0 Å². The quantitative estimate of drug-likeness (QED) is 0.812. The number of hydrogen-bond donors (Lipinski definition) is 0. The van der Waals surface area contributed by atoms with Gasteiger partial charge in [-0.05, 0) is 24.6 Å². The minimum absolute atomic E-state index is 0.157. The molecule has 24 heavy (non-hydrogen) atoms. The van der Waals surface area contributed by atoms with Gasteiger partial charge in [0.05, 0.1) is 19.8 Å². The Morgan fingerprint density at radius 2 is 2.04 bits per heavy atom. The number of hydrogen-bond acceptors (Lipinski definition) is 5. The van der Waals surface area contributed by atoms with Crippen molar-refractivity contribution < 1.29 is 13.5 Å². The number of oxazole rings is 1. The average Bonchev–Trinajstić information content (AvgIpc) is 2.88. The summed E-state index contributed by atoms with van der Waals surface area (Å²) < 4.78 is 24.4. The van der Waals surface area contributed by atoms with Gasteiger partial charge in [-0.2, -0.15) is 0 Å². The summed E-state index contributed by atoms with van der Waals surface area (Å²) in [6.07, 6.45) is 0. The van der Waals surface area contributed by atoms with Crippen molar-refractivity contribution in [2.75, 3.05) is 46.4 Å². The molecule has 3 rings (SSSR count). The van der Waals surface area contributed by atoms with Crippen molar-refractivity contribution in [3.63, 3.8) is 0 Å². The molecular weight excluding hydrogens is 309 g/mol. The lowest BCUT2D eigenvalue weighted by Crippen LogP contribution is -2.45. The summed E-state index contributed by atoms with van der Waals surface area (Å²) in [5.41, 5.74) is 1.36. The molecule has 1 aromatic carbocycles. The molecule has 0 radical (unpaired) electrons. The largest absolute Gasteiger partial charge is 0.439 e. The molecule has 0 saturated carbocycles. The van der Waals surface area contributed by atoms with Crippen LogP contribution in [0.25, 0.3) is 11.1 Å². The fraction of sp³-hybridized carbons (Fsp3) is 0.611. The van der Waals surface area contributed by atoms with E-state index in [-0.39, 0.29) is 11.2 Å². The van der Waals surface area contributed by atoms with E-state index < -0.39 is 0 Å². The van der Waals surface area contributed by atoms with Crippen molar-refractivity contribution in [3.8, 4) is 0 Å². The first-order chi connectivity index (χ1) is 11.4. The molecule has 0 unspecified atom stereocenters. The lowest BCUT2D eigenvalue weighted by molar-refractivity contribution is 0.0158. The Labute approximate surface area is 142 Å². The van der Waals surface area contributed by atoms with E-state index in [2.05, 4.69) is 35.7 Å². The molecule has 0 bridgehead atoms. The first-order valence-electron chi connectivity index (χ1n) is 8.45. The Hall–Kier alpha value is -1.50. The third kappa shape index (κ3) is 4.53. The predicted molar refractivity (Wildman–Crippen MR) is 91.3 cm³/mol. The Morgan fingerprint density at radius 1 is 1.29 bits per heavy atom. The lowest BCUT2D eigenvalue weighted by atomic mass is 9.92. The molecule has 0 aliphatic carbocycles. The van der Waals surface area contributed by atoms with Crippen molar-refractivity contribution in [3.05, 3.63) is 29.9 Å². The molecule has 6 heteroatoms. The highest BCUT2D eigenvalue weighted by atomic mass is 19.1. The summed E-state index contributed by atoms with van der Waals surface area (Å²) in [5, 5.41) is 0. The summed E-state index contributed by atoms with van der Waals surface area (Å²) in [7, 11) is 2.07. The number of ether oxygens (including phenoxy) is 1. The minimum Gasteiger partial charge on any atom is -0.439 e. The summed E-state index contributed by atoms with van der Waals surface area (Å²) in [5.74, 6) is 0.336. The molecular formula is C18H26FN3O2. The van der Waals surface area contributed by atoms with E-state index in [9.17, 15) is 4.39 Å². The zero-order valence-corrected chi connectivity index (χ0v) is 14.7. The number of halogens is 1. The fourth-order valence-electron chi connectivity index (χ4n) is 3.45. The highest BCUT2D eigenvalue weighted by Crippen LogP contribution is 2.22. The Morgan fingerprint density at radius 3 is 2.79 bits per heavy atom. The number of benzene rings is 1. The highest BCUT2D eigenvalue weighted by Gasteiger charge is 2.25. The van der Waals surface area contributed by atoms with Gasteiger partial charge in [0, 0.05) is 32.2 Å². The van der Waals surface area contributed by atoms with E-state index in [1.54, 1.807) is 6.07 Å². The summed E-state index contributed by atoms with van der Waals surface area (Å²) >= 11 is 0. The van der Waals surface area contributed by atoms with Crippen LogP contribution in [0.3, 0.4) is 0 Å². The standard InChI is InChI=1S/C18H26FN3O2/c1-18(2,13-22-6-8-23-9-7-22)12-21(3)11-17-20-15-10-14(19)4-5-16(15)24-17/h4-5,10H,6-9,11-13H2,1-3H3.